The summed E-state index contributed by atoms with van der Waals surface area (Å²) in [6.07, 6.45) is 1.14. The van der Waals surface area contributed by atoms with Crippen molar-refractivity contribution in [1.82, 2.24) is 84.1 Å². The van der Waals surface area contributed by atoms with E-state index in [2.05, 4.69) is 95.7 Å². The molecule has 1 radical (unpaired) electrons. The van der Waals surface area contributed by atoms with Gasteiger partial charge in [-0.3, -0.25) is 47.0 Å². The number of hydrogen-bond acceptors (Lipinski definition) is 36. The Morgan fingerprint density at radius 2 is 0.931 bits per heavy atom. The summed E-state index contributed by atoms with van der Waals surface area (Å²) in [5.74, 6) is 3.33. The number of likely N-dealkylation sites (N-methyl/N-ethyl adjacent to an activating group) is 1. The number of aliphatic hydroxyl groups excluding tert-OH is 2. The Hall–Kier alpha value is -11.0. The Kier molecular flexibility index (Phi) is 70.1. The summed E-state index contributed by atoms with van der Waals surface area (Å²) in [5, 5.41) is 40.6. The quantitative estimate of drug-likeness (QED) is 0.00881. The minimum atomic E-state index is -3.42. The number of halogens is 3. The van der Waals surface area contributed by atoms with E-state index in [4.69, 9.17) is 62.3 Å². The normalized spacial score (nSPS) is 10.8. The van der Waals surface area contributed by atoms with Crippen LogP contribution in [-0.2, 0) is 140 Å². The second-order valence-corrected chi connectivity index (χ2v) is 31.5. The number of carbonyl (C=O) groups is 9. The number of aromatic amines is 1. The molecule has 1 aliphatic rings. The molecule has 0 saturated carbocycles. The van der Waals surface area contributed by atoms with Gasteiger partial charge >= 0.3 is 72.9 Å². The number of amides is 4. The van der Waals surface area contributed by atoms with Gasteiger partial charge in [0.15, 0.2) is 0 Å². The van der Waals surface area contributed by atoms with Crippen molar-refractivity contribution in [2.24, 2.45) is 46.6 Å². The number of aliphatic hydroxyl groups is 2. The minimum absolute atomic E-state index is 0. The van der Waals surface area contributed by atoms with Crippen LogP contribution in [0.3, 0.4) is 0 Å². The molecular formula is C78H136BBrCl2N19O28S2. The SMILES string of the molecule is CCOC(=O)C#CC(=O)OCC.CCOC(=O)C1=CC(=O)N[N+]1(C)C.CCOC(=O)c1cc(=O)[nH]n1C.CCOC(=O)c1cc(OC)nn1C.CN(C)C.CNC(=O)OC(C)(C)C.CO.COc1cc(CN(C)C(=O)OC(C)(C)C)n(C)n1.COc1cc(CO)n(C)n1.COc1cc(COS(C)(=O)=O)n(C)n1.COc1nn(C)c(CN(C)C(=O)OC(C)(C)C)c1Br.Cl.[B]=NS.[Cl-]. The molecule has 6 aromatic heterocycles. The summed E-state index contributed by atoms with van der Waals surface area (Å²) in [6, 6.07) is 7.85. The summed E-state index contributed by atoms with van der Waals surface area (Å²) in [4.78, 5) is 116. The molecule has 0 saturated heterocycles. The zero-order valence-electron chi connectivity index (χ0n) is 81.6. The Morgan fingerprint density at radius 3 is 1.24 bits per heavy atom. The third-order valence-corrected chi connectivity index (χ3v) is 15.0. The van der Waals surface area contributed by atoms with E-state index < -0.39 is 45.2 Å². The maximum absolute atomic E-state index is 11.9. The zero-order chi connectivity index (χ0) is 101. The molecule has 0 aromatic carbocycles. The van der Waals surface area contributed by atoms with Crippen LogP contribution in [0.2, 0.25) is 0 Å². The van der Waals surface area contributed by atoms with E-state index >= 15 is 0 Å². The second kappa shape index (κ2) is 69.0. The van der Waals surface area contributed by atoms with Gasteiger partial charge in [0, 0.05) is 113 Å². The number of H-pyrrole nitrogens is 1. The number of aryl methyl sites for hydroxylation is 6. The van der Waals surface area contributed by atoms with Crippen LogP contribution >= 0.6 is 41.2 Å². The first-order valence-corrected chi connectivity index (χ1v) is 41.6. The van der Waals surface area contributed by atoms with Crippen molar-refractivity contribution in [3.8, 4) is 41.2 Å². The number of hydrogen-bond donors (Lipinski definition) is 6. The number of alkyl carbamates (subject to hydrolysis) is 1. The van der Waals surface area contributed by atoms with Gasteiger partial charge in [0.2, 0.25) is 35.1 Å². The molecule has 47 nitrogen and oxygen atoms in total. The average Bonchev–Trinajstić information content (AvgIpc) is 1.67. The molecule has 0 atom stereocenters. The fourth-order valence-corrected chi connectivity index (χ4v) is 9.10. The fourth-order valence-electron chi connectivity index (χ4n) is 8.14. The number of rotatable bonds is 21. The van der Waals surface area contributed by atoms with E-state index in [1.165, 1.54) is 63.3 Å². The van der Waals surface area contributed by atoms with Crippen LogP contribution in [0.4, 0.5) is 14.4 Å². The molecule has 0 bridgehead atoms. The third-order valence-electron chi connectivity index (χ3n) is 13.6. The van der Waals surface area contributed by atoms with E-state index in [-0.39, 0.29) is 103 Å². The number of ether oxygens (including phenoxy) is 13. The first kappa shape index (κ1) is 133. The predicted molar refractivity (Wildman–Crippen MR) is 489 cm³/mol. The van der Waals surface area contributed by atoms with E-state index in [0.29, 0.717) is 79.4 Å². The molecule has 1 aliphatic heterocycles. The number of nitrogens with zero attached hydrogens (tertiary/aromatic N) is 16. The predicted octanol–water partition coefficient (Wildman–Crippen LogP) is 2.88. The monoisotopic (exact) mass is 2010 g/mol. The van der Waals surface area contributed by atoms with Crippen molar-refractivity contribution in [2.75, 3.05) is 138 Å². The summed E-state index contributed by atoms with van der Waals surface area (Å²) in [5.41, 5.74) is 4.94. The third kappa shape index (κ3) is 61.3. The molecular weight excluding hydrogens is 1880 g/mol. The number of quaternary nitrogens is 1. The first-order chi connectivity index (χ1) is 59.7. The molecule has 5 N–H and O–H groups in total. The van der Waals surface area contributed by atoms with Crippen LogP contribution < -0.4 is 52.4 Å². The fraction of sp³-hybridized carbons (Fsp3) is 0.603. The number of nitrogens with one attached hydrogen (secondary N) is 3. The van der Waals surface area contributed by atoms with Crippen LogP contribution in [0.15, 0.2) is 55.7 Å². The van der Waals surface area contributed by atoms with Gasteiger partial charge in [0.05, 0.1) is 137 Å². The van der Waals surface area contributed by atoms with Crippen molar-refractivity contribution in [3.05, 3.63) is 91.1 Å². The van der Waals surface area contributed by atoms with Gasteiger partial charge in [-0.2, -0.15) is 18.4 Å². The minimum Gasteiger partial charge on any atom is -1.00 e. The number of thiol groups is 1. The van der Waals surface area contributed by atoms with Gasteiger partial charge in [-0.05, 0) is 134 Å². The maximum atomic E-state index is 11.9. The maximum Gasteiger partial charge on any atom is -1.00 e. The largest absolute Gasteiger partial charge is 1.00 e. The first-order valence-electron chi connectivity index (χ1n) is 38.6. The Bertz CT molecular complexity index is 4650. The zero-order valence-corrected chi connectivity index (χ0v) is 86.5. The molecule has 747 valence electrons. The molecule has 7 rings (SSSR count). The Labute approximate surface area is 794 Å². The van der Waals surface area contributed by atoms with Gasteiger partial charge < -0.3 is 104 Å². The van der Waals surface area contributed by atoms with Crippen LogP contribution in [0, 0.1) is 11.8 Å². The molecule has 7 heterocycles. The molecule has 0 fully saturated rings. The van der Waals surface area contributed by atoms with E-state index in [1.807, 2.05) is 100 Å². The van der Waals surface area contributed by atoms with Crippen LogP contribution in [0.5, 0.6) is 29.4 Å². The van der Waals surface area contributed by atoms with Crippen molar-refractivity contribution in [3.63, 3.8) is 0 Å². The van der Waals surface area contributed by atoms with Crippen molar-refractivity contribution >= 4 is 113 Å². The molecule has 6 aromatic rings. The number of methoxy groups -OCH3 is 5. The van der Waals surface area contributed by atoms with Crippen molar-refractivity contribution in [1.29, 1.82) is 0 Å². The average molecular weight is 2010 g/mol. The van der Waals surface area contributed by atoms with Gasteiger partial charge in [-0.1, -0.05) is 0 Å². The van der Waals surface area contributed by atoms with Gasteiger partial charge in [0.1, 0.15) is 39.3 Å². The van der Waals surface area contributed by atoms with Gasteiger partial charge in [-0.25, -0.2) is 38.4 Å². The summed E-state index contributed by atoms with van der Waals surface area (Å²) in [7, 11) is 34.2. The topological polar surface area (TPSA) is 530 Å². The molecule has 0 aliphatic carbocycles. The summed E-state index contributed by atoms with van der Waals surface area (Å²) in [6.45, 7) is 27.2. The Balaban J connectivity index is -0.000000262. The number of esters is 5. The van der Waals surface area contributed by atoms with E-state index in [9.17, 15) is 56.4 Å². The molecule has 0 spiro atoms. The number of carbonyl (C=O) groups excluding carboxylic acids is 9. The van der Waals surface area contributed by atoms with E-state index in [1.54, 1.807) is 159 Å². The standard InChI is InChI=1S/C12H20BrN3O3.C12H21N3O3.2C8H12N2O3.C8H10O4.C7H12N2O4S.C7H10N2O3.C6H10N2O2.C6H13NO2.C3H9N.CH4O.BHNS.2ClH/c1-12(2,3)19-11(17)15(4)7-8-9(13)10(18-6)14-16(8)5;1-12(2,3)18-11(16)14(4)8-9-7-10(17-6)13-15(9)5;1-4-13-8(11)6-5-7(12-3)9-10(6)2;1-4-13-8(12)6-5-7(11)9-10(6,2)3;1-3-11-7(9)5-6-8(10)12-4-2;1-9-6(4-7(8-9)12-2)5-13-14(3,10)11;1-3-12-7(11)5-4-6(10)8-9(5)2;1-8-5(4-9)3-6(7-8)10-2;1-6(2,3)9-5(8)7-4;1-4(2)3;1-2;1-2-3;;/h7H2,1-6H3;7H,8H2,1-6H3;2*5H,4H2,1-3H3;3-4H2,1-2H3;4H,5H2,1-3H3;4H,3H2,1-2H3,(H,8,10);3,9H,4H2,1-2H3;1-4H3,(H,7,8);1-3H3;2H,1H3;3H;2*1H. The van der Waals surface area contributed by atoms with E-state index in [0.717, 1.165) is 34.9 Å². The van der Waals surface area contributed by atoms with Crippen LogP contribution in [0.25, 0.3) is 0 Å². The van der Waals surface area contributed by atoms with Gasteiger partial charge in [0.25, 0.3) is 21.6 Å². The van der Waals surface area contributed by atoms with Crippen LogP contribution in [0.1, 0.15) is 141 Å². The molecule has 53 heteroatoms. The van der Waals surface area contributed by atoms with Crippen molar-refractivity contribution < 1.29 is 145 Å². The Morgan fingerprint density at radius 1 is 0.573 bits per heavy atom. The van der Waals surface area contributed by atoms with Crippen molar-refractivity contribution in [2.45, 2.75) is 140 Å². The summed E-state index contributed by atoms with van der Waals surface area (Å²) < 4.78 is 102. The van der Waals surface area contributed by atoms with Crippen LogP contribution in [-0.4, -0.2) is 313 Å². The smallest absolute Gasteiger partial charge is 1.00 e. The number of aromatic nitrogens is 12. The summed E-state index contributed by atoms with van der Waals surface area (Å²) >= 11 is 6.61. The molecule has 131 heavy (non-hydrogen) atoms. The molecule has 0 unspecified atom stereocenters. The molecule has 4 amide bonds. The second-order valence-electron chi connectivity index (χ2n) is 28.9. The van der Waals surface area contributed by atoms with Gasteiger partial charge in [-0.15, -0.1) is 37.9 Å².